The van der Waals surface area contributed by atoms with Gasteiger partial charge < -0.3 is 24.6 Å². The summed E-state index contributed by atoms with van der Waals surface area (Å²) in [7, 11) is 0. The molecule has 0 spiro atoms. The van der Waals surface area contributed by atoms with Crippen LogP contribution in [-0.4, -0.2) is 33.6 Å². The summed E-state index contributed by atoms with van der Waals surface area (Å²) in [5, 5.41) is 23.0. The average Bonchev–Trinajstić information content (AvgIpc) is 3.50. The molecule has 1 aromatic heterocycles. The number of Topliss-reactive ketones (excluding diaryl/α,β-unsaturated/α-hetero) is 1. The largest absolute Gasteiger partial charge is 0.508 e. The van der Waals surface area contributed by atoms with Gasteiger partial charge in [-0.3, -0.25) is 9.59 Å². The monoisotopic (exact) mass is 435 g/mol. The van der Waals surface area contributed by atoms with Gasteiger partial charge >= 0.3 is 0 Å². The van der Waals surface area contributed by atoms with E-state index in [0.29, 0.717) is 22.6 Å². The highest BCUT2D eigenvalue weighted by molar-refractivity contribution is 7.09. The molecule has 0 saturated carbocycles. The van der Waals surface area contributed by atoms with Gasteiger partial charge in [0.25, 0.3) is 11.7 Å². The molecule has 0 aliphatic carbocycles. The molecule has 2 N–H and O–H groups in total. The molecule has 1 atom stereocenters. The van der Waals surface area contributed by atoms with E-state index in [0.717, 1.165) is 4.88 Å². The maximum atomic E-state index is 13.0. The Morgan fingerprint density at radius 1 is 1.06 bits per heavy atom. The molecule has 0 bridgehead atoms. The molecule has 2 aliphatic rings. The number of phenolic OH excluding ortho intramolecular Hbond substituents is 1. The lowest BCUT2D eigenvalue weighted by Crippen LogP contribution is -2.28. The number of phenols is 1. The highest BCUT2D eigenvalue weighted by Gasteiger charge is 2.46. The fourth-order valence-corrected chi connectivity index (χ4v) is 4.56. The van der Waals surface area contributed by atoms with Crippen LogP contribution in [0.15, 0.2) is 65.6 Å². The van der Waals surface area contributed by atoms with Crippen LogP contribution in [0.4, 0.5) is 0 Å². The van der Waals surface area contributed by atoms with Crippen molar-refractivity contribution in [2.24, 2.45) is 0 Å². The molecule has 7 nitrogen and oxygen atoms in total. The molecular weight excluding hydrogens is 418 g/mol. The Labute approximate surface area is 181 Å². The Morgan fingerprint density at radius 2 is 1.90 bits per heavy atom. The van der Waals surface area contributed by atoms with Crippen LogP contribution < -0.4 is 9.47 Å². The molecule has 2 aromatic carbocycles. The third-order valence-electron chi connectivity index (χ3n) is 5.28. The number of hydrogen-bond donors (Lipinski definition) is 2. The number of rotatable bonds is 4. The van der Waals surface area contributed by atoms with Gasteiger partial charge in [-0.1, -0.05) is 18.2 Å². The number of nitrogens with zero attached hydrogens (tertiary/aromatic N) is 1. The summed E-state index contributed by atoms with van der Waals surface area (Å²) < 4.78 is 10.7. The topological polar surface area (TPSA) is 96.3 Å². The third kappa shape index (κ3) is 3.30. The lowest BCUT2D eigenvalue weighted by Gasteiger charge is -2.25. The number of fused-ring (bicyclic) bond motifs is 1. The summed E-state index contributed by atoms with van der Waals surface area (Å²) in [4.78, 5) is 28.3. The number of likely N-dealkylation sites (tertiary alicyclic amines) is 1. The zero-order valence-electron chi connectivity index (χ0n) is 16.1. The van der Waals surface area contributed by atoms with Gasteiger partial charge in [0.2, 0.25) is 6.79 Å². The van der Waals surface area contributed by atoms with Crippen LogP contribution in [0.5, 0.6) is 17.2 Å². The van der Waals surface area contributed by atoms with Crippen LogP contribution in [0.2, 0.25) is 0 Å². The summed E-state index contributed by atoms with van der Waals surface area (Å²) in [6.07, 6.45) is 0. The fraction of sp³-hybridized carbons (Fsp3) is 0.130. The first-order chi connectivity index (χ1) is 15.0. The van der Waals surface area contributed by atoms with E-state index in [-0.39, 0.29) is 30.4 Å². The second-order valence-electron chi connectivity index (χ2n) is 7.17. The van der Waals surface area contributed by atoms with E-state index >= 15 is 0 Å². The molecule has 1 fully saturated rings. The van der Waals surface area contributed by atoms with Crippen molar-refractivity contribution in [3.8, 4) is 17.2 Å². The Bertz CT molecular complexity index is 1220. The van der Waals surface area contributed by atoms with E-state index in [1.54, 1.807) is 30.3 Å². The number of carbonyl (C=O) groups is 2. The van der Waals surface area contributed by atoms with Crippen molar-refractivity contribution >= 4 is 28.8 Å². The summed E-state index contributed by atoms with van der Waals surface area (Å²) in [5.41, 5.74) is 0.826. The Kier molecular flexibility index (Phi) is 4.63. The van der Waals surface area contributed by atoms with Crippen LogP contribution in [0.25, 0.3) is 5.76 Å². The fourth-order valence-electron chi connectivity index (χ4n) is 3.85. The standard InChI is InChI=1S/C23H17NO6S/c25-15-4-1-3-13(9-15)20-19(21(26)14-6-7-17-18(10-14)30-12-29-17)22(27)23(28)24(20)11-16-5-2-8-31-16/h1-10,20,25-26H,11-12H2/b21-19-. The van der Waals surface area contributed by atoms with Gasteiger partial charge in [-0.05, 0) is 47.3 Å². The van der Waals surface area contributed by atoms with Gasteiger partial charge in [0.05, 0.1) is 18.2 Å². The van der Waals surface area contributed by atoms with Crippen molar-refractivity contribution in [2.45, 2.75) is 12.6 Å². The van der Waals surface area contributed by atoms with E-state index in [2.05, 4.69) is 0 Å². The van der Waals surface area contributed by atoms with Crippen LogP contribution in [-0.2, 0) is 16.1 Å². The predicted molar refractivity (Wildman–Crippen MR) is 113 cm³/mol. The van der Waals surface area contributed by atoms with Gasteiger partial charge in [-0.15, -0.1) is 11.3 Å². The Balaban J connectivity index is 1.65. The quantitative estimate of drug-likeness (QED) is 0.368. The summed E-state index contributed by atoms with van der Waals surface area (Å²) in [6, 6.07) is 14.1. The molecule has 5 rings (SSSR count). The molecule has 156 valence electrons. The van der Waals surface area contributed by atoms with Gasteiger partial charge in [0.1, 0.15) is 11.5 Å². The molecule has 2 aliphatic heterocycles. The SMILES string of the molecule is O=C1C(=O)N(Cc2cccs2)C(c2cccc(O)c2)/C1=C(/O)c1ccc2c(c1)OCO2. The molecule has 1 amide bonds. The molecule has 3 aromatic rings. The van der Waals surface area contributed by atoms with E-state index in [9.17, 15) is 19.8 Å². The number of benzene rings is 2. The van der Waals surface area contributed by atoms with Gasteiger partial charge in [-0.25, -0.2) is 0 Å². The van der Waals surface area contributed by atoms with Crippen molar-refractivity contribution < 1.29 is 29.3 Å². The van der Waals surface area contributed by atoms with Crippen LogP contribution in [0.1, 0.15) is 22.0 Å². The lowest BCUT2D eigenvalue weighted by molar-refractivity contribution is -0.140. The Hall–Kier alpha value is -3.78. The molecule has 0 radical (unpaired) electrons. The smallest absolute Gasteiger partial charge is 0.295 e. The van der Waals surface area contributed by atoms with E-state index in [1.807, 2.05) is 17.5 Å². The van der Waals surface area contributed by atoms with Crippen molar-refractivity contribution in [2.75, 3.05) is 6.79 Å². The molecule has 1 unspecified atom stereocenters. The predicted octanol–water partition coefficient (Wildman–Crippen LogP) is 3.80. The second-order valence-corrected chi connectivity index (χ2v) is 8.20. The number of aliphatic hydroxyl groups is 1. The van der Waals surface area contributed by atoms with Crippen molar-refractivity contribution in [3.63, 3.8) is 0 Å². The molecule has 31 heavy (non-hydrogen) atoms. The number of hydrogen-bond acceptors (Lipinski definition) is 7. The van der Waals surface area contributed by atoms with Crippen LogP contribution >= 0.6 is 11.3 Å². The van der Waals surface area contributed by atoms with Crippen molar-refractivity contribution in [3.05, 3.63) is 81.6 Å². The number of aromatic hydroxyl groups is 1. The lowest BCUT2D eigenvalue weighted by atomic mass is 9.95. The molecule has 1 saturated heterocycles. The summed E-state index contributed by atoms with van der Waals surface area (Å²) >= 11 is 1.47. The van der Waals surface area contributed by atoms with Gasteiger partial charge in [0.15, 0.2) is 11.5 Å². The van der Waals surface area contributed by atoms with Crippen molar-refractivity contribution in [1.82, 2.24) is 4.90 Å². The maximum Gasteiger partial charge on any atom is 0.295 e. The first kappa shape index (κ1) is 19.2. The molecule has 8 heteroatoms. The zero-order valence-corrected chi connectivity index (χ0v) is 17.0. The number of aliphatic hydroxyl groups excluding tert-OH is 1. The second kappa shape index (κ2) is 7.48. The normalized spacial score (nSPS) is 19.2. The van der Waals surface area contributed by atoms with Crippen LogP contribution in [0.3, 0.4) is 0 Å². The minimum atomic E-state index is -0.848. The van der Waals surface area contributed by atoms with E-state index in [4.69, 9.17) is 9.47 Å². The summed E-state index contributed by atoms with van der Waals surface area (Å²) in [5.74, 6) is -0.796. The highest BCUT2D eigenvalue weighted by atomic mass is 32.1. The third-order valence-corrected chi connectivity index (χ3v) is 6.14. The summed E-state index contributed by atoms with van der Waals surface area (Å²) in [6.45, 7) is 0.286. The highest BCUT2D eigenvalue weighted by Crippen LogP contribution is 2.42. The van der Waals surface area contributed by atoms with Crippen molar-refractivity contribution in [1.29, 1.82) is 0 Å². The van der Waals surface area contributed by atoms with Gasteiger partial charge in [0, 0.05) is 10.4 Å². The minimum Gasteiger partial charge on any atom is -0.508 e. The maximum absolute atomic E-state index is 13.0. The number of ether oxygens (including phenoxy) is 2. The molecule has 3 heterocycles. The number of thiophene rings is 1. The van der Waals surface area contributed by atoms with Crippen LogP contribution in [0, 0.1) is 0 Å². The first-order valence-corrected chi connectivity index (χ1v) is 10.4. The minimum absolute atomic E-state index is 0.00212. The number of carbonyl (C=O) groups excluding carboxylic acids is 2. The van der Waals surface area contributed by atoms with Gasteiger partial charge in [-0.2, -0.15) is 0 Å². The van der Waals surface area contributed by atoms with E-state index < -0.39 is 17.7 Å². The average molecular weight is 435 g/mol. The Morgan fingerprint density at radius 3 is 2.68 bits per heavy atom. The number of amides is 1. The number of ketones is 1. The van der Waals surface area contributed by atoms with E-state index in [1.165, 1.54) is 28.4 Å². The first-order valence-electron chi connectivity index (χ1n) is 9.52. The molecular formula is C23H17NO6S. The zero-order chi connectivity index (χ0) is 21.5.